The lowest BCUT2D eigenvalue weighted by Gasteiger charge is -2.34. The standard InChI is InChI=1S/C20H23FN2O3S/c1-2-16-7-5-6-14-23(16)27(25,26)17-12-10-15(11-13-17)22-20(24)18-8-3-4-9-19(18)21/h3-4,8-13,16H,2,5-7,14H2,1H3,(H,22,24). The first-order valence-electron chi connectivity index (χ1n) is 9.11. The number of carbonyl (C=O) groups excluding carboxylic acids is 1. The topological polar surface area (TPSA) is 66.5 Å². The highest BCUT2D eigenvalue weighted by Gasteiger charge is 2.32. The molecule has 144 valence electrons. The van der Waals surface area contributed by atoms with Crippen LogP contribution in [-0.2, 0) is 10.0 Å². The van der Waals surface area contributed by atoms with Gasteiger partial charge in [0.05, 0.1) is 10.5 Å². The van der Waals surface area contributed by atoms with Gasteiger partial charge < -0.3 is 5.32 Å². The van der Waals surface area contributed by atoms with Crippen molar-refractivity contribution >= 4 is 21.6 Å². The molecule has 2 aromatic rings. The van der Waals surface area contributed by atoms with Gasteiger partial charge in [-0.15, -0.1) is 0 Å². The largest absolute Gasteiger partial charge is 0.322 e. The van der Waals surface area contributed by atoms with Crippen molar-refractivity contribution in [3.05, 3.63) is 59.9 Å². The fraction of sp³-hybridized carbons (Fsp3) is 0.350. The van der Waals surface area contributed by atoms with E-state index in [-0.39, 0.29) is 16.5 Å². The maximum atomic E-state index is 13.7. The van der Waals surface area contributed by atoms with Crippen molar-refractivity contribution in [1.29, 1.82) is 0 Å². The van der Waals surface area contributed by atoms with Crippen molar-refractivity contribution in [1.82, 2.24) is 4.31 Å². The first-order valence-corrected chi connectivity index (χ1v) is 10.5. The predicted molar refractivity (Wildman–Crippen MR) is 103 cm³/mol. The van der Waals surface area contributed by atoms with E-state index in [1.54, 1.807) is 10.4 Å². The van der Waals surface area contributed by atoms with Crippen molar-refractivity contribution in [3.8, 4) is 0 Å². The van der Waals surface area contributed by atoms with Crippen LogP contribution < -0.4 is 5.32 Å². The van der Waals surface area contributed by atoms with Gasteiger partial charge in [0, 0.05) is 18.3 Å². The summed E-state index contributed by atoms with van der Waals surface area (Å²) >= 11 is 0. The van der Waals surface area contributed by atoms with E-state index in [1.165, 1.54) is 42.5 Å². The van der Waals surface area contributed by atoms with Crippen LogP contribution in [0.1, 0.15) is 43.0 Å². The number of rotatable bonds is 5. The Balaban J connectivity index is 1.77. The van der Waals surface area contributed by atoms with Gasteiger partial charge in [-0.05, 0) is 55.7 Å². The molecule has 0 spiro atoms. The minimum atomic E-state index is -3.57. The van der Waals surface area contributed by atoms with E-state index in [0.29, 0.717) is 12.2 Å². The van der Waals surface area contributed by atoms with Crippen molar-refractivity contribution in [2.24, 2.45) is 0 Å². The van der Waals surface area contributed by atoms with E-state index < -0.39 is 21.7 Å². The van der Waals surface area contributed by atoms with Gasteiger partial charge in [-0.25, -0.2) is 12.8 Å². The SMILES string of the molecule is CCC1CCCCN1S(=O)(=O)c1ccc(NC(=O)c2ccccc2F)cc1. The Morgan fingerprint density at radius 1 is 1.15 bits per heavy atom. The third-order valence-corrected chi connectivity index (χ3v) is 6.85. The molecule has 1 fully saturated rings. The molecule has 3 rings (SSSR count). The molecular formula is C20H23FN2O3S. The fourth-order valence-electron chi connectivity index (χ4n) is 3.39. The molecule has 1 aliphatic rings. The second-order valence-electron chi connectivity index (χ2n) is 6.63. The number of hydrogen-bond acceptors (Lipinski definition) is 3. The summed E-state index contributed by atoms with van der Waals surface area (Å²) in [6.07, 6.45) is 3.58. The van der Waals surface area contributed by atoms with Crippen LogP contribution in [0.5, 0.6) is 0 Å². The van der Waals surface area contributed by atoms with Gasteiger partial charge in [0.2, 0.25) is 10.0 Å². The van der Waals surface area contributed by atoms with E-state index in [9.17, 15) is 17.6 Å². The van der Waals surface area contributed by atoms with Gasteiger partial charge in [-0.3, -0.25) is 4.79 Å². The number of halogens is 1. The van der Waals surface area contributed by atoms with Crippen LogP contribution in [0.3, 0.4) is 0 Å². The van der Waals surface area contributed by atoms with E-state index in [4.69, 9.17) is 0 Å². The van der Waals surface area contributed by atoms with E-state index in [1.807, 2.05) is 6.92 Å². The van der Waals surface area contributed by atoms with Gasteiger partial charge >= 0.3 is 0 Å². The number of benzene rings is 2. The maximum Gasteiger partial charge on any atom is 0.258 e. The van der Waals surface area contributed by atoms with Gasteiger partial charge in [0.15, 0.2) is 0 Å². The van der Waals surface area contributed by atoms with Gasteiger partial charge in [-0.2, -0.15) is 4.31 Å². The molecule has 1 heterocycles. The molecule has 5 nitrogen and oxygen atoms in total. The first-order chi connectivity index (χ1) is 12.9. The molecule has 0 aromatic heterocycles. The Morgan fingerprint density at radius 2 is 1.85 bits per heavy atom. The highest BCUT2D eigenvalue weighted by atomic mass is 32.2. The fourth-order valence-corrected chi connectivity index (χ4v) is 5.16. The monoisotopic (exact) mass is 390 g/mol. The normalized spacial score (nSPS) is 18.2. The van der Waals surface area contributed by atoms with E-state index >= 15 is 0 Å². The first kappa shape index (κ1) is 19.5. The smallest absolute Gasteiger partial charge is 0.258 e. The molecule has 1 aliphatic heterocycles. The quantitative estimate of drug-likeness (QED) is 0.838. The molecule has 27 heavy (non-hydrogen) atoms. The highest BCUT2D eigenvalue weighted by Crippen LogP contribution is 2.27. The molecule has 0 aliphatic carbocycles. The number of sulfonamides is 1. The minimum absolute atomic E-state index is 0.0317. The number of piperidine rings is 1. The average molecular weight is 390 g/mol. The molecule has 1 saturated heterocycles. The summed E-state index contributed by atoms with van der Waals surface area (Å²) in [4.78, 5) is 12.4. The predicted octanol–water partition coefficient (Wildman–Crippen LogP) is 4.03. The second-order valence-corrected chi connectivity index (χ2v) is 8.52. The van der Waals surface area contributed by atoms with Crippen LogP contribution in [-0.4, -0.2) is 31.2 Å². The zero-order valence-electron chi connectivity index (χ0n) is 15.2. The molecule has 7 heteroatoms. The molecule has 1 N–H and O–H groups in total. The molecule has 1 atom stereocenters. The molecule has 1 amide bonds. The summed E-state index contributed by atoms with van der Waals surface area (Å²) in [6.45, 7) is 2.53. The van der Waals surface area contributed by atoms with Crippen molar-refractivity contribution in [3.63, 3.8) is 0 Å². The van der Waals surface area contributed by atoms with Gasteiger partial charge in [-0.1, -0.05) is 25.5 Å². The maximum absolute atomic E-state index is 13.7. The summed E-state index contributed by atoms with van der Waals surface area (Å²) in [5.74, 6) is -1.18. The summed E-state index contributed by atoms with van der Waals surface area (Å²) < 4.78 is 41.2. The van der Waals surface area contributed by atoms with Gasteiger partial charge in [0.25, 0.3) is 5.91 Å². The van der Waals surface area contributed by atoms with E-state index in [2.05, 4.69) is 5.32 Å². The highest BCUT2D eigenvalue weighted by molar-refractivity contribution is 7.89. The lowest BCUT2D eigenvalue weighted by Crippen LogP contribution is -2.43. The molecular weight excluding hydrogens is 367 g/mol. The minimum Gasteiger partial charge on any atom is -0.322 e. The van der Waals surface area contributed by atoms with Gasteiger partial charge in [0.1, 0.15) is 5.82 Å². The van der Waals surface area contributed by atoms with Crippen LogP contribution in [0, 0.1) is 5.82 Å². The molecule has 2 aromatic carbocycles. The Morgan fingerprint density at radius 3 is 2.52 bits per heavy atom. The van der Waals surface area contributed by atoms with Crippen molar-refractivity contribution in [2.45, 2.75) is 43.5 Å². The Bertz CT molecular complexity index is 913. The van der Waals surface area contributed by atoms with Crippen molar-refractivity contribution < 1.29 is 17.6 Å². The average Bonchev–Trinajstić information content (AvgIpc) is 2.68. The van der Waals surface area contributed by atoms with Crippen LogP contribution in [0.4, 0.5) is 10.1 Å². The lowest BCUT2D eigenvalue weighted by atomic mass is 10.0. The Kier molecular flexibility index (Phi) is 5.92. The second kappa shape index (κ2) is 8.19. The number of carbonyl (C=O) groups is 1. The third-order valence-electron chi connectivity index (χ3n) is 4.88. The number of nitrogens with zero attached hydrogens (tertiary/aromatic N) is 1. The third kappa shape index (κ3) is 4.20. The Hall–Kier alpha value is -2.25. The van der Waals surface area contributed by atoms with E-state index in [0.717, 1.165) is 25.7 Å². The Labute approximate surface area is 159 Å². The summed E-state index contributed by atoms with van der Waals surface area (Å²) in [5.41, 5.74) is 0.348. The zero-order chi connectivity index (χ0) is 19.4. The summed E-state index contributed by atoms with van der Waals surface area (Å²) in [5, 5.41) is 2.59. The van der Waals surface area contributed by atoms with Crippen LogP contribution >= 0.6 is 0 Å². The van der Waals surface area contributed by atoms with Crippen LogP contribution in [0.25, 0.3) is 0 Å². The van der Waals surface area contributed by atoms with Crippen molar-refractivity contribution in [2.75, 3.05) is 11.9 Å². The molecule has 0 saturated carbocycles. The zero-order valence-corrected chi connectivity index (χ0v) is 16.0. The molecule has 1 unspecified atom stereocenters. The summed E-state index contributed by atoms with van der Waals surface area (Å²) in [6, 6.07) is 11.7. The summed E-state index contributed by atoms with van der Waals surface area (Å²) in [7, 11) is -3.57. The lowest BCUT2D eigenvalue weighted by molar-refractivity contribution is 0.102. The van der Waals surface area contributed by atoms with Crippen LogP contribution in [0.2, 0.25) is 0 Å². The molecule has 0 radical (unpaired) electrons. The molecule has 0 bridgehead atoms. The number of amides is 1. The number of anilines is 1. The van der Waals surface area contributed by atoms with Crippen LogP contribution in [0.15, 0.2) is 53.4 Å². The number of hydrogen-bond donors (Lipinski definition) is 1. The number of nitrogens with one attached hydrogen (secondary N) is 1.